The second-order valence-corrected chi connectivity index (χ2v) is 5.02. The third-order valence-electron chi connectivity index (χ3n) is 3.37. The summed E-state index contributed by atoms with van der Waals surface area (Å²) >= 11 is 0. The molecule has 0 fully saturated rings. The van der Waals surface area contributed by atoms with E-state index in [0.29, 0.717) is 11.7 Å². The molecule has 106 valence electrons. The summed E-state index contributed by atoms with van der Waals surface area (Å²) in [6.07, 6.45) is 4.66. The van der Waals surface area contributed by atoms with Crippen molar-refractivity contribution in [3.05, 3.63) is 46.8 Å². The third kappa shape index (κ3) is 2.10. The van der Waals surface area contributed by atoms with E-state index >= 15 is 0 Å². The number of benzene rings is 1. The number of aliphatic imine (C=N–C) groups is 2. The molecule has 0 unspecified atom stereocenters. The number of hydrogen-bond donors (Lipinski definition) is 2. The second-order valence-electron chi connectivity index (χ2n) is 5.02. The van der Waals surface area contributed by atoms with Gasteiger partial charge in [0.1, 0.15) is 0 Å². The predicted molar refractivity (Wildman–Crippen MR) is 83.8 cm³/mol. The highest BCUT2D eigenvalue weighted by Crippen LogP contribution is 2.33. The molecule has 6 heteroatoms. The van der Waals surface area contributed by atoms with Crippen molar-refractivity contribution >= 4 is 29.5 Å². The van der Waals surface area contributed by atoms with Gasteiger partial charge in [-0.25, -0.2) is 4.99 Å². The number of guanidine groups is 1. The average molecular weight is 281 g/mol. The van der Waals surface area contributed by atoms with E-state index in [-0.39, 0.29) is 0 Å². The summed E-state index contributed by atoms with van der Waals surface area (Å²) in [5, 5.41) is 0. The first-order valence-electron chi connectivity index (χ1n) is 6.49. The highest BCUT2D eigenvalue weighted by molar-refractivity contribution is 6.36. The number of primary amides is 1. The fourth-order valence-electron chi connectivity index (χ4n) is 2.53. The molecule has 0 aromatic heterocycles. The van der Waals surface area contributed by atoms with Gasteiger partial charge in [-0.05, 0) is 48.7 Å². The van der Waals surface area contributed by atoms with Gasteiger partial charge in [-0.1, -0.05) is 0 Å². The summed E-state index contributed by atoms with van der Waals surface area (Å²) in [5.74, 6) is 0.908. The zero-order valence-electron chi connectivity index (χ0n) is 11.8. The van der Waals surface area contributed by atoms with Crippen LogP contribution in [-0.4, -0.2) is 17.7 Å². The summed E-state index contributed by atoms with van der Waals surface area (Å²) < 4.78 is 0. The van der Waals surface area contributed by atoms with E-state index in [1.54, 1.807) is 12.3 Å². The van der Waals surface area contributed by atoms with Crippen LogP contribution in [0.15, 0.2) is 40.1 Å². The Morgan fingerprint density at radius 1 is 1.29 bits per heavy atom. The monoisotopic (exact) mass is 281 g/mol. The van der Waals surface area contributed by atoms with Crippen LogP contribution in [0.4, 0.5) is 5.69 Å². The molecule has 1 aromatic carbocycles. The quantitative estimate of drug-likeness (QED) is 0.814. The average Bonchev–Trinajstić information content (AvgIpc) is 2.39. The van der Waals surface area contributed by atoms with Gasteiger partial charge in [0.2, 0.25) is 11.9 Å². The minimum absolute atomic E-state index is 0.465. The molecule has 1 aromatic rings. The number of nitrogens with two attached hydrogens (primary N) is 2. The standard InChI is InChI=1S/C15H15N5O/c1-8-5-10(3-4-12(17)21)6-9(2)13(8)20-14-11(16)7-18-15(20)19-14/h3-7H,16H2,1-2H3,(H2,17,21)/b4-3+. The van der Waals surface area contributed by atoms with Crippen molar-refractivity contribution < 1.29 is 4.79 Å². The topological polar surface area (TPSA) is 97.1 Å². The van der Waals surface area contributed by atoms with E-state index in [4.69, 9.17) is 11.5 Å². The lowest BCUT2D eigenvalue weighted by molar-refractivity contribution is -0.113. The molecule has 0 aliphatic carbocycles. The van der Waals surface area contributed by atoms with Crippen molar-refractivity contribution in [2.75, 3.05) is 4.90 Å². The van der Waals surface area contributed by atoms with Crippen LogP contribution >= 0.6 is 0 Å². The first kappa shape index (κ1) is 13.1. The zero-order valence-corrected chi connectivity index (χ0v) is 11.8. The van der Waals surface area contributed by atoms with Gasteiger partial charge in [-0.15, -0.1) is 0 Å². The van der Waals surface area contributed by atoms with E-state index in [9.17, 15) is 4.79 Å². The van der Waals surface area contributed by atoms with E-state index in [1.807, 2.05) is 30.9 Å². The van der Waals surface area contributed by atoms with E-state index in [0.717, 1.165) is 28.2 Å². The molecular weight excluding hydrogens is 266 g/mol. The Bertz CT molecular complexity index is 745. The first-order valence-corrected chi connectivity index (χ1v) is 6.49. The number of amidine groups is 1. The summed E-state index contributed by atoms with van der Waals surface area (Å²) in [5.41, 5.74) is 15.6. The van der Waals surface area contributed by atoms with Gasteiger partial charge in [0.15, 0.2) is 5.84 Å². The second kappa shape index (κ2) is 4.59. The highest BCUT2D eigenvalue weighted by Gasteiger charge is 2.34. The lowest BCUT2D eigenvalue weighted by atomic mass is 10.0. The number of amides is 1. The van der Waals surface area contributed by atoms with Crippen molar-refractivity contribution in [1.82, 2.24) is 0 Å². The fourth-order valence-corrected chi connectivity index (χ4v) is 2.53. The lowest BCUT2D eigenvalue weighted by Crippen LogP contribution is -2.50. The van der Waals surface area contributed by atoms with E-state index in [1.165, 1.54) is 6.08 Å². The van der Waals surface area contributed by atoms with Crippen LogP contribution in [0.1, 0.15) is 16.7 Å². The molecule has 21 heavy (non-hydrogen) atoms. The Balaban J connectivity index is 1.99. The summed E-state index contributed by atoms with van der Waals surface area (Å²) in [7, 11) is 0. The fraction of sp³-hybridized carbons (Fsp3) is 0.133. The molecule has 2 aliphatic rings. The Labute approximate surface area is 122 Å². The van der Waals surface area contributed by atoms with Gasteiger partial charge in [-0.2, -0.15) is 4.99 Å². The van der Waals surface area contributed by atoms with Crippen molar-refractivity contribution in [3.8, 4) is 0 Å². The van der Waals surface area contributed by atoms with Crippen LogP contribution < -0.4 is 16.4 Å². The Kier molecular flexibility index (Phi) is 2.86. The molecule has 0 radical (unpaired) electrons. The molecule has 2 aliphatic heterocycles. The van der Waals surface area contributed by atoms with Gasteiger partial charge in [0.25, 0.3) is 0 Å². The molecule has 0 saturated carbocycles. The molecule has 1 amide bonds. The molecule has 0 spiro atoms. The van der Waals surface area contributed by atoms with Crippen molar-refractivity contribution in [2.45, 2.75) is 13.8 Å². The van der Waals surface area contributed by atoms with Gasteiger partial charge >= 0.3 is 0 Å². The van der Waals surface area contributed by atoms with Crippen LogP contribution in [0.25, 0.3) is 6.08 Å². The number of carbonyl (C=O) groups excluding carboxylic acids is 1. The molecule has 2 bridgehead atoms. The van der Waals surface area contributed by atoms with Gasteiger partial charge in [0, 0.05) is 6.08 Å². The van der Waals surface area contributed by atoms with Crippen molar-refractivity contribution in [1.29, 1.82) is 0 Å². The number of nitrogens with zero attached hydrogens (tertiary/aromatic N) is 3. The Hall–Kier alpha value is -2.89. The molecule has 2 heterocycles. The van der Waals surface area contributed by atoms with Crippen LogP contribution in [-0.2, 0) is 4.79 Å². The van der Waals surface area contributed by atoms with Crippen LogP contribution in [0.2, 0.25) is 0 Å². The number of hydrogen-bond acceptors (Lipinski definition) is 5. The van der Waals surface area contributed by atoms with Crippen molar-refractivity contribution in [2.24, 2.45) is 21.5 Å². The summed E-state index contributed by atoms with van der Waals surface area (Å²) in [4.78, 5) is 21.2. The molecular formula is C15H15N5O. The lowest BCUT2D eigenvalue weighted by Gasteiger charge is -2.36. The molecule has 6 nitrogen and oxygen atoms in total. The minimum atomic E-state index is -0.465. The number of carbonyl (C=O) groups is 1. The Morgan fingerprint density at radius 3 is 2.48 bits per heavy atom. The molecule has 0 atom stereocenters. The summed E-state index contributed by atoms with van der Waals surface area (Å²) in [6.45, 7) is 4.00. The number of aryl methyl sites for hydroxylation is 2. The van der Waals surface area contributed by atoms with Crippen molar-refractivity contribution in [3.63, 3.8) is 0 Å². The first-order chi connectivity index (χ1) is 9.97. The molecule has 3 rings (SSSR count). The van der Waals surface area contributed by atoms with E-state index in [2.05, 4.69) is 9.98 Å². The number of fused-ring (bicyclic) bond motifs is 2. The molecule has 0 saturated heterocycles. The smallest absolute Gasteiger partial charge is 0.241 e. The third-order valence-corrected chi connectivity index (χ3v) is 3.37. The number of anilines is 1. The summed E-state index contributed by atoms with van der Waals surface area (Å²) in [6, 6.07) is 3.97. The van der Waals surface area contributed by atoms with Crippen LogP contribution in [0.3, 0.4) is 0 Å². The molecule has 4 N–H and O–H groups in total. The normalized spacial score (nSPS) is 16.3. The maximum Gasteiger partial charge on any atom is 0.241 e. The van der Waals surface area contributed by atoms with Gasteiger partial charge < -0.3 is 11.5 Å². The largest absolute Gasteiger partial charge is 0.394 e. The van der Waals surface area contributed by atoms with Gasteiger partial charge in [0.05, 0.1) is 17.6 Å². The highest BCUT2D eigenvalue weighted by atomic mass is 16.1. The zero-order chi connectivity index (χ0) is 15.1. The van der Waals surface area contributed by atoms with E-state index < -0.39 is 5.91 Å². The van der Waals surface area contributed by atoms with Crippen LogP contribution in [0, 0.1) is 13.8 Å². The van der Waals surface area contributed by atoms with Gasteiger partial charge in [-0.3, -0.25) is 9.69 Å². The predicted octanol–water partition coefficient (Wildman–Crippen LogP) is 1.19. The maximum atomic E-state index is 10.8. The van der Waals surface area contributed by atoms with Crippen LogP contribution in [0.5, 0.6) is 0 Å². The SMILES string of the molecule is Cc1cc(/C=C/C(N)=O)cc(C)c1N1c2ncc(N)c1n2. The Morgan fingerprint density at radius 2 is 1.95 bits per heavy atom. The number of rotatable bonds is 3. The maximum absolute atomic E-state index is 10.8. The minimum Gasteiger partial charge on any atom is -0.394 e.